The third-order valence-corrected chi connectivity index (χ3v) is 3.81. The van der Waals surface area contributed by atoms with Crippen LogP contribution in [0.3, 0.4) is 0 Å². The molecule has 0 aliphatic rings. The molecule has 1 aromatic rings. The molecule has 1 aromatic heterocycles. The Morgan fingerprint density at radius 2 is 2.00 bits per heavy atom. The Kier molecular flexibility index (Phi) is 5.35. The van der Waals surface area contributed by atoms with Crippen LogP contribution in [0, 0.1) is 0 Å². The van der Waals surface area contributed by atoms with Gasteiger partial charge in [-0.3, -0.25) is 14.5 Å². The predicted octanol–water partition coefficient (Wildman–Crippen LogP) is 3.10. The van der Waals surface area contributed by atoms with E-state index in [1.165, 1.54) is 43.0 Å². The van der Waals surface area contributed by atoms with Crippen LogP contribution in [0.2, 0.25) is 0 Å². The Morgan fingerprint density at radius 3 is 2.59 bits per heavy atom. The summed E-state index contributed by atoms with van der Waals surface area (Å²) in [6.07, 6.45) is 4.60. The van der Waals surface area contributed by atoms with Crippen LogP contribution in [0.5, 0.6) is 0 Å². The van der Waals surface area contributed by atoms with E-state index in [0.717, 1.165) is 17.7 Å². The molecule has 0 atom stereocenters. The monoisotopic (exact) mass is 253 g/mol. The SMILES string of the molecule is CCCCCc1ccc(C(=O)N(C)C(C)=O)s1. The van der Waals surface area contributed by atoms with Gasteiger partial charge in [-0.05, 0) is 25.0 Å². The van der Waals surface area contributed by atoms with E-state index < -0.39 is 0 Å². The van der Waals surface area contributed by atoms with Crippen molar-refractivity contribution in [1.29, 1.82) is 0 Å². The van der Waals surface area contributed by atoms with E-state index in [1.54, 1.807) is 0 Å². The van der Waals surface area contributed by atoms with Crippen LogP contribution in [-0.2, 0) is 11.2 Å². The van der Waals surface area contributed by atoms with Crippen molar-refractivity contribution in [1.82, 2.24) is 4.90 Å². The topological polar surface area (TPSA) is 37.4 Å². The van der Waals surface area contributed by atoms with Crippen molar-refractivity contribution in [2.45, 2.75) is 39.5 Å². The number of rotatable bonds is 5. The van der Waals surface area contributed by atoms with E-state index in [0.29, 0.717) is 4.88 Å². The van der Waals surface area contributed by atoms with E-state index in [9.17, 15) is 9.59 Å². The number of carbonyl (C=O) groups excluding carboxylic acids is 2. The van der Waals surface area contributed by atoms with Gasteiger partial charge in [-0.15, -0.1) is 11.3 Å². The van der Waals surface area contributed by atoms with Crippen LogP contribution in [0.25, 0.3) is 0 Å². The van der Waals surface area contributed by atoms with E-state index >= 15 is 0 Å². The van der Waals surface area contributed by atoms with Gasteiger partial charge >= 0.3 is 0 Å². The molecule has 0 bridgehead atoms. The van der Waals surface area contributed by atoms with Gasteiger partial charge in [0.15, 0.2) is 0 Å². The molecule has 0 aromatic carbocycles. The molecule has 17 heavy (non-hydrogen) atoms. The third kappa shape index (κ3) is 3.97. The molecule has 0 unspecified atom stereocenters. The fourth-order valence-corrected chi connectivity index (χ4v) is 2.51. The van der Waals surface area contributed by atoms with Gasteiger partial charge in [-0.2, -0.15) is 0 Å². The zero-order valence-electron chi connectivity index (χ0n) is 10.7. The smallest absolute Gasteiger partial charge is 0.270 e. The lowest BCUT2D eigenvalue weighted by Gasteiger charge is -2.10. The first-order chi connectivity index (χ1) is 8.06. The lowest BCUT2D eigenvalue weighted by molar-refractivity contribution is -0.125. The molecule has 3 nitrogen and oxygen atoms in total. The summed E-state index contributed by atoms with van der Waals surface area (Å²) >= 11 is 1.49. The molecule has 0 saturated carbocycles. The minimum atomic E-state index is -0.226. The Balaban J connectivity index is 2.61. The van der Waals surface area contributed by atoms with Gasteiger partial charge in [0.2, 0.25) is 5.91 Å². The molecule has 0 saturated heterocycles. The molecule has 4 heteroatoms. The highest BCUT2D eigenvalue weighted by molar-refractivity contribution is 7.14. The molecule has 0 aliphatic heterocycles. The number of aryl methyl sites for hydroxylation is 1. The van der Waals surface area contributed by atoms with Crippen molar-refractivity contribution in [3.05, 3.63) is 21.9 Å². The van der Waals surface area contributed by atoms with Crippen LogP contribution < -0.4 is 0 Å². The maximum absolute atomic E-state index is 11.8. The van der Waals surface area contributed by atoms with Crippen LogP contribution in [-0.4, -0.2) is 23.8 Å². The minimum Gasteiger partial charge on any atom is -0.281 e. The first-order valence-electron chi connectivity index (χ1n) is 5.93. The molecule has 0 spiro atoms. The summed E-state index contributed by atoms with van der Waals surface area (Å²) < 4.78 is 0. The zero-order valence-corrected chi connectivity index (χ0v) is 11.5. The van der Waals surface area contributed by atoms with Gasteiger partial charge in [-0.1, -0.05) is 19.8 Å². The largest absolute Gasteiger partial charge is 0.281 e. The number of hydrogen-bond donors (Lipinski definition) is 0. The van der Waals surface area contributed by atoms with Gasteiger partial charge in [0.05, 0.1) is 4.88 Å². The highest BCUT2D eigenvalue weighted by atomic mass is 32.1. The van der Waals surface area contributed by atoms with E-state index in [4.69, 9.17) is 0 Å². The van der Waals surface area contributed by atoms with Gasteiger partial charge in [0.25, 0.3) is 5.91 Å². The summed E-state index contributed by atoms with van der Waals surface area (Å²) in [7, 11) is 1.52. The normalized spacial score (nSPS) is 10.3. The summed E-state index contributed by atoms with van der Waals surface area (Å²) in [5.41, 5.74) is 0. The van der Waals surface area contributed by atoms with Crippen molar-refractivity contribution in [3.8, 4) is 0 Å². The highest BCUT2D eigenvalue weighted by Gasteiger charge is 2.16. The molecule has 1 rings (SSSR count). The average Bonchev–Trinajstić information content (AvgIpc) is 2.76. The summed E-state index contributed by atoms with van der Waals surface area (Å²) in [5.74, 6) is -0.430. The second kappa shape index (κ2) is 6.55. The van der Waals surface area contributed by atoms with E-state index in [2.05, 4.69) is 6.92 Å². The second-order valence-electron chi connectivity index (χ2n) is 4.11. The van der Waals surface area contributed by atoms with Crippen LogP contribution >= 0.6 is 11.3 Å². The van der Waals surface area contributed by atoms with Gasteiger partial charge in [-0.25, -0.2) is 0 Å². The molecule has 0 radical (unpaired) electrons. The lowest BCUT2D eigenvalue weighted by atomic mass is 10.2. The van der Waals surface area contributed by atoms with Crippen LogP contribution in [0.1, 0.15) is 47.7 Å². The number of nitrogens with zero attached hydrogens (tertiary/aromatic N) is 1. The Hall–Kier alpha value is -1.16. The molecule has 1 heterocycles. The highest BCUT2D eigenvalue weighted by Crippen LogP contribution is 2.20. The fourth-order valence-electron chi connectivity index (χ4n) is 1.48. The van der Waals surface area contributed by atoms with Crippen molar-refractivity contribution >= 4 is 23.2 Å². The standard InChI is InChI=1S/C13H19NO2S/c1-4-5-6-7-11-8-9-12(17-11)13(16)14(3)10(2)15/h8-9H,4-7H2,1-3H3. The summed E-state index contributed by atoms with van der Waals surface area (Å²) in [6.45, 7) is 3.57. The zero-order chi connectivity index (χ0) is 12.8. The number of amides is 2. The van der Waals surface area contributed by atoms with Crippen LogP contribution in [0.15, 0.2) is 12.1 Å². The van der Waals surface area contributed by atoms with Crippen molar-refractivity contribution < 1.29 is 9.59 Å². The summed E-state index contributed by atoms with van der Waals surface area (Å²) in [6, 6.07) is 3.80. The summed E-state index contributed by atoms with van der Waals surface area (Å²) in [5, 5.41) is 0. The first kappa shape index (κ1) is 13.9. The molecule has 0 fully saturated rings. The second-order valence-corrected chi connectivity index (χ2v) is 5.27. The van der Waals surface area contributed by atoms with Crippen molar-refractivity contribution in [2.24, 2.45) is 0 Å². The van der Waals surface area contributed by atoms with Gasteiger partial charge in [0, 0.05) is 18.8 Å². The number of imide groups is 1. The lowest BCUT2D eigenvalue weighted by Crippen LogP contribution is -2.30. The average molecular weight is 253 g/mol. The Morgan fingerprint density at radius 1 is 1.29 bits per heavy atom. The minimum absolute atomic E-state index is 0.204. The van der Waals surface area contributed by atoms with Crippen molar-refractivity contribution in [2.75, 3.05) is 7.05 Å². The van der Waals surface area contributed by atoms with Crippen LogP contribution in [0.4, 0.5) is 0 Å². The Bertz CT molecular complexity index is 398. The fraction of sp³-hybridized carbons (Fsp3) is 0.538. The van der Waals surface area contributed by atoms with E-state index in [-0.39, 0.29) is 11.8 Å². The molecule has 0 aliphatic carbocycles. The van der Waals surface area contributed by atoms with E-state index in [1.807, 2.05) is 12.1 Å². The number of unbranched alkanes of at least 4 members (excludes halogenated alkanes) is 2. The number of thiophene rings is 1. The number of hydrogen-bond acceptors (Lipinski definition) is 3. The quantitative estimate of drug-likeness (QED) is 0.756. The maximum atomic E-state index is 11.8. The van der Waals surface area contributed by atoms with Crippen molar-refractivity contribution in [3.63, 3.8) is 0 Å². The first-order valence-corrected chi connectivity index (χ1v) is 6.75. The number of carbonyl (C=O) groups is 2. The third-order valence-electron chi connectivity index (χ3n) is 2.68. The predicted molar refractivity (Wildman–Crippen MR) is 70.3 cm³/mol. The molecule has 2 amide bonds. The molecule has 94 valence electrons. The summed E-state index contributed by atoms with van der Waals surface area (Å²) in [4.78, 5) is 26.0. The van der Waals surface area contributed by atoms with Gasteiger partial charge in [0.1, 0.15) is 0 Å². The van der Waals surface area contributed by atoms with Gasteiger partial charge < -0.3 is 0 Å². The maximum Gasteiger partial charge on any atom is 0.270 e. The Labute approximate surface area is 106 Å². The molecular weight excluding hydrogens is 234 g/mol. The molecule has 0 N–H and O–H groups in total. The molecular formula is C13H19NO2S.